The molecule has 186 valence electrons. The maximum Gasteiger partial charge on any atom is 0.393 e. The van der Waals surface area contributed by atoms with Crippen LogP contribution in [0.3, 0.4) is 0 Å². The topological polar surface area (TPSA) is 188 Å². The molecule has 0 radical (unpaired) electrons. The fraction of sp³-hybridized carbons (Fsp3) is 0.737. The molecule has 0 bridgehead atoms. The van der Waals surface area contributed by atoms with E-state index in [1.54, 1.807) is 6.92 Å². The SMILES string of the molecule is CCC(CC)(CC(OC)C(O)C(O)n1cnc2c(OC)nc(N)nc21)OP1(=O)OC1(O)CC. The van der Waals surface area contributed by atoms with E-state index in [1.165, 1.54) is 25.1 Å². The fourth-order valence-electron chi connectivity index (χ4n) is 3.79. The van der Waals surface area contributed by atoms with E-state index in [1.807, 2.05) is 13.8 Å². The molecule has 0 aliphatic carbocycles. The number of imidazole rings is 1. The standard InChI is InChI=1S/C19H32N5O8P/c1-6-18(7-2,31-33(28)19(27,8-3)32-33)9-11(29-4)13(25)16(26)24-10-21-12-14(24)22-17(20)23-15(12)30-5/h10-11,13,16,25-27H,6-9H2,1-5H3,(H2,20,22,23). The summed E-state index contributed by atoms with van der Waals surface area (Å²) in [6.45, 7) is 5.30. The van der Waals surface area contributed by atoms with Gasteiger partial charge in [0.2, 0.25) is 11.8 Å². The van der Waals surface area contributed by atoms with Crippen LogP contribution < -0.4 is 10.5 Å². The van der Waals surface area contributed by atoms with E-state index in [-0.39, 0.29) is 35.8 Å². The number of aromatic nitrogens is 4. The average molecular weight is 489 g/mol. The molecule has 1 fully saturated rings. The number of hydrogen-bond acceptors (Lipinski definition) is 12. The van der Waals surface area contributed by atoms with Crippen molar-refractivity contribution >= 4 is 24.7 Å². The Hall–Kier alpha value is -1.86. The number of nitrogens with zero attached hydrogens (tertiary/aromatic N) is 4. The van der Waals surface area contributed by atoms with Crippen LogP contribution in [0.5, 0.6) is 5.88 Å². The molecule has 5 unspecified atom stereocenters. The van der Waals surface area contributed by atoms with Gasteiger partial charge in [-0.15, -0.1) is 0 Å². The van der Waals surface area contributed by atoms with E-state index in [9.17, 15) is 19.9 Å². The van der Waals surface area contributed by atoms with Gasteiger partial charge >= 0.3 is 7.60 Å². The van der Waals surface area contributed by atoms with Crippen molar-refractivity contribution in [1.82, 2.24) is 19.5 Å². The summed E-state index contributed by atoms with van der Waals surface area (Å²) in [5.74, 6) is 0.0381. The second-order valence-electron chi connectivity index (χ2n) is 7.96. The summed E-state index contributed by atoms with van der Waals surface area (Å²) >= 11 is 0. The highest BCUT2D eigenvalue weighted by molar-refractivity contribution is 7.61. The van der Waals surface area contributed by atoms with Crippen LogP contribution in [0.4, 0.5) is 5.95 Å². The smallest absolute Gasteiger partial charge is 0.393 e. The molecule has 1 saturated heterocycles. The zero-order valence-electron chi connectivity index (χ0n) is 19.3. The Kier molecular flexibility index (Phi) is 7.35. The van der Waals surface area contributed by atoms with Crippen molar-refractivity contribution < 1.29 is 38.4 Å². The van der Waals surface area contributed by atoms with E-state index < -0.39 is 37.2 Å². The first kappa shape index (κ1) is 25.8. The third-order valence-corrected chi connectivity index (χ3v) is 8.44. The maximum absolute atomic E-state index is 12.8. The molecule has 5 N–H and O–H groups in total. The Morgan fingerprint density at radius 3 is 2.45 bits per heavy atom. The lowest BCUT2D eigenvalue weighted by Gasteiger charge is -2.36. The van der Waals surface area contributed by atoms with Gasteiger partial charge < -0.3 is 30.5 Å². The van der Waals surface area contributed by atoms with Crippen LogP contribution in [-0.4, -0.2) is 72.4 Å². The van der Waals surface area contributed by atoms with Crippen molar-refractivity contribution in [1.29, 1.82) is 0 Å². The normalized spacial score (nSPS) is 25.7. The fourth-order valence-corrected chi connectivity index (χ4v) is 5.87. The highest BCUT2D eigenvalue weighted by atomic mass is 31.2. The van der Waals surface area contributed by atoms with Gasteiger partial charge in [0.05, 0.1) is 25.1 Å². The first-order valence-corrected chi connectivity index (χ1v) is 12.2. The van der Waals surface area contributed by atoms with Gasteiger partial charge in [-0.3, -0.25) is 18.2 Å². The quantitative estimate of drug-likeness (QED) is 0.249. The predicted molar refractivity (Wildman–Crippen MR) is 117 cm³/mol. The minimum Gasteiger partial charge on any atom is -0.479 e. The number of ether oxygens (including phenoxy) is 2. The van der Waals surface area contributed by atoms with Crippen molar-refractivity contribution in [3.05, 3.63) is 6.33 Å². The van der Waals surface area contributed by atoms with Crippen LogP contribution in [0.25, 0.3) is 11.2 Å². The molecule has 0 spiro atoms. The van der Waals surface area contributed by atoms with Gasteiger partial charge in [-0.1, -0.05) is 20.8 Å². The van der Waals surface area contributed by atoms with E-state index in [0.717, 1.165) is 0 Å². The Labute approximate surface area is 191 Å². The van der Waals surface area contributed by atoms with E-state index in [2.05, 4.69) is 15.0 Å². The lowest BCUT2D eigenvalue weighted by molar-refractivity contribution is -0.124. The zero-order valence-corrected chi connectivity index (χ0v) is 20.2. The van der Waals surface area contributed by atoms with Crippen LogP contribution >= 0.6 is 7.60 Å². The first-order chi connectivity index (χ1) is 15.5. The summed E-state index contributed by atoms with van der Waals surface area (Å²) in [7, 11) is -0.934. The van der Waals surface area contributed by atoms with Gasteiger partial charge in [0.1, 0.15) is 6.10 Å². The molecule has 3 rings (SSSR count). The van der Waals surface area contributed by atoms with E-state index in [0.29, 0.717) is 12.8 Å². The molecular formula is C19H32N5O8P. The molecule has 2 aromatic heterocycles. The Morgan fingerprint density at radius 1 is 1.27 bits per heavy atom. The number of methoxy groups -OCH3 is 2. The van der Waals surface area contributed by atoms with Gasteiger partial charge in [0.15, 0.2) is 17.4 Å². The molecule has 13 nitrogen and oxygen atoms in total. The molecule has 3 heterocycles. The van der Waals surface area contributed by atoms with Gasteiger partial charge in [0, 0.05) is 20.0 Å². The molecule has 0 amide bonds. The minimum absolute atomic E-state index is 0.0644. The van der Waals surface area contributed by atoms with Crippen molar-refractivity contribution in [3.8, 4) is 5.88 Å². The molecule has 0 saturated carbocycles. The summed E-state index contributed by atoms with van der Waals surface area (Å²) in [5, 5.41) is 32.1. The van der Waals surface area contributed by atoms with Crippen LogP contribution in [0, 0.1) is 0 Å². The molecule has 1 aliphatic rings. The second kappa shape index (κ2) is 9.41. The molecule has 33 heavy (non-hydrogen) atoms. The number of nitrogen functional groups attached to an aromatic ring is 1. The summed E-state index contributed by atoms with van der Waals surface area (Å²) in [5.41, 5.74) is 3.31. The number of nitrogens with two attached hydrogens (primary N) is 1. The van der Waals surface area contributed by atoms with E-state index in [4.69, 9.17) is 24.3 Å². The molecule has 1 aliphatic heterocycles. The zero-order chi connectivity index (χ0) is 24.6. The Morgan fingerprint density at radius 2 is 1.94 bits per heavy atom. The molecular weight excluding hydrogens is 457 g/mol. The number of fused-ring (bicyclic) bond motifs is 1. The monoisotopic (exact) mass is 489 g/mol. The van der Waals surface area contributed by atoms with Gasteiger partial charge in [-0.25, -0.2) is 4.98 Å². The van der Waals surface area contributed by atoms with Gasteiger partial charge in [-0.05, 0) is 12.8 Å². The number of hydrogen-bond donors (Lipinski definition) is 4. The summed E-state index contributed by atoms with van der Waals surface area (Å²) < 4.78 is 35.6. The number of aliphatic hydroxyl groups is 3. The summed E-state index contributed by atoms with van der Waals surface area (Å²) in [6.07, 6.45) is -1.67. The molecule has 5 atom stereocenters. The lowest BCUT2D eigenvalue weighted by atomic mass is 9.88. The highest BCUT2D eigenvalue weighted by Crippen LogP contribution is 2.80. The minimum atomic E-state index is -3.71. The van der Waals surface area contributed by atoms with Crippen molar-refractivity contribution in [2.45, 2.75) is 76.0 Å². The van der Waals surface area contributed by atoms with Gasteiger partial charge in [-0.2, -0.15) is 9.97 Å². The van der Waals surface area contributed by atoms with Crippen LogP contribution in [0.1, 0.15) is 52.7 Å². The van der Waals surface area contributed by atoms with Crippen molar-refractivity contribution in [3.63, 3.8) is 0 Å². The van der Waals surface area contributed by atoms with Crippen LogP contribution in [-0.2, 0) is 18.3 Å². The van der Waals surface area contributed by atoms with Crippen molar-refractivity contribution in [2.75, 3.05) is 20.0 Å². The third kappa shape index (κ3) is 4.59. The largest absolute Gasteiger partial charge is 0.479 e. The maximum atomic E-state index is 12.8. The predicted octanol–water partition coefficient (Wildman–Crippen LogP) is 1.53. The Bertz CT molecular complexity index is 1030. The molecule has 0 aromatic carbocycles. The van der Waals surface area contributed by atoms with Crippen LogP contribution in [0.2, 0.25) is 0 Å². The van der Waals surface area contributed by atoms with Gasteiger partial charge in [0.25, 0.3) is 5.53 Å². The average Bonchev–Trinajstić information content (AvgIpc) is 3.12. The number of aliphatic hydroxyl groups excluding tert-OH is 2. The Balaban J connectivity index is 1.85. The third-order valence-electron chi connectivity index (χ3n) is 6.17. The van der Waals surface area contributed by atoms with Crippen molar-refractivity contribution in [2.24, 2.45) is 0 Å². The lowest BCUT2D eigenvalue weighted by Crippen LogP contribution is -2.43. The first-order valence-electron chi connectivity index (χ1n) is 10.7. The number of anilines is 1. The highest BCUT2D eigenvalue weighted by Gasteiger charge is 2.71. The summed E-state index contributed by atoms with van der Waals surface area (Å²) in [6, 6.07) is 0. The molecule has 2 aromatic rings. The number of rotatable bonds is 12. The van der Waals surface area contributed by atoms with Crippen LogP contribution in [0.15, 0.2) is 6.33 Å². The summed E-state index contributed by atoms with van der Waals surface area (Å²) in [4.78, 5) is 12.2. The van der Waals surface area contributed by atoms with E-state index >= 15 is 0 Å². The molecule has 14 heteroatoms. The second-order valence-corrected chi connectivity index (χ2v) is 10.0.